The average Bonchev–Trinajstić information content (AvgIpc) is 2.53. The second-order valence-corrected chi connectivity index (χ2v) is 7.11. The molecule has 2 amide bonds. The van der Waals surface area contributed by atoms with E-state index in [1.807, 2.05) is 40.7 Å². The van der Waals surface area contributed by atoms with E-state index >= 15 is 0 Å². The Morgan fingerprint density at radius 1 is 0.962 bits per heavy atom. The third-order valence-electron chi connectivity index (χ3n) is 3.62. The first-order valence-corrected chi connectivity index (χ1v) is 9.16. The SMILES string of the molecule is CCOc1cc(C(NC(=O)CC(C)C)NC(=O)CC(C)C)ccc1OC. The molecule has 0 radical (unpaired) electrons. The molecule has 6 heteroatoms. The zero-order chi connectivity index (χ0) is 19.7. The van der Waals surface area contributed by atoms with Crippen LogP contribution in [0, 0.1) is 11.8 Å². The van der Waals surface area contributed by atoms with E-state index in [-0.39, 0.29) is 23.7 Å². The number of hydrogen-bond acceptors (Lipinski definition) is 4. The van der Waals surface area contributed by atoms with Crippen LogP contribution in [0.1, 0.15) is 59.2 Å². The molecule has 0 heterocycles. The molecule has 0 saturated carbocycles. The maximum absolute atomic E-state index is 12.3. The molecule has 0 atom stereocenters. The lowest BCUT2D eigenvalue weighted by Gasteiger charge is -2.23. The van der Waals surface area contributed by atoms with Gasteiger partial charge in [0.2, 0.25) is 11.8 Å². The largest absolute Gasteiger partial charge is 0.493 e. The van der Waals surface area contributed by atoms with Crippen LogP contribution in [-0.4, -0.2) is 25.5 Å². The number of ether oxygens (including phenoxy) is 2. The van der Waals surface area contributed by atoms with Crippen molar-refractivity contribution >= 4 is 11.8 Å². The summed E-state index contributed by atoms with van der Waals surface area (Å²) >= 11 is 0. The highest BCUT2D eigenvalue weighted by Gasteiger charge is 2.20. The molecule has 1 rings (SSSR count). The Labute approximate surface area is 156 Å². The van der Waals surface area contributed by atoms with E-state index in [0.29, 0.717) is 30.9 Å². The molecule has 0 unspecified atom stereocenters. The Hall–Kier alpha value is -2.24. The summed E-state index contributed by atoms with van der Waals surface area (Å²) in [6, 6.07) is 5.38. The van der Waals surface area contributed by atoms with Crippen LogP contribution in [0.15, 0.2) is 18.2 Å². The van der Waals surface area contributed by atoms with Crippen LogP contribution in [0.25, 0.3) is 0 Å². The van der Waals surface area contributed by atoms with E-state index in [0.717, 1.165) is 5.56 Å². The van der Waals surface area contributed by atoms with Gasteiger partial charge in [0, 0.05) is 12.8 Å². The monoisotopic (exact) mass is 364 g/mol. The van der Waals surface area contributed by atoms with Gasteiger partial charge >= 0.3 is 0 Å². The molecule has 0 aromatic heterocycles. The zero-order valence-electron chi connectivity index (χ0n) is 16.7. The van der Waals surface area contributed by atoms with Crippen molar-refractivity contribution in [2.24, 2.45) is 11.8 Å². The third kappa shape index (κ3) is 7.33. The van der Waals surface area contributed by atoms with Gasteiger partial charge in [-0.1, -0.05) is 33.8 Å². The van der Waals surface area contributed by atoms with Crippen molar-refractivity contribution in [1.82, 2.24) is 10.6 Å². The lowest BCUT2D eigenvalue weighted by Crippen LogP contribution is -2.41. The predicted molar refractivity (Wildman–Crippen MR) is 102 cm³/mol. The first kappa shape index (κ1) is 21.8. The molecular formula is C20H32N2O4. The molecular weight excluding hydrogens is 332 g/mol. The molecule has 1 aromatic carbocycles. The lowest BCUT2D eigenvalue weighted by molar-refractivity contribution is -0.125. The summed E-state index contributed by atoms with van der Waals surface area (Å²) < 4.78 is 10.9. The molecule has 0 aliphatic rings. The van der Waals surface area contributed by atoms with E-state index in [1.165, 1.54) is 0 Å². The average molecular weight is 364 g/mol. The van der Waals surface area contributed by atoms with Crippen LogP contribution in [0.2, 0.25) is 0 Å². The maximum atomic E-state index is 12.3. The number of amides is 2. The summed E-state index contributed by atoms with van der Waals surface area (Å²) in [5.74, 6) is 1.44. The molecule has 0 fully saturated rings. The molecule has 146 valence electrons. The zero-order valence-corrected chi connectivity index (χ0v) is 16.7. The molecule has 0 bridgehead atoms. The second-order valence-electron chi connectivity index (χ2n) is 7.11. The number of methoxy groups -OCH3 is 1. The fraction of sp³-hybridized carbons (Fsp3) is 0.600. The molecule has 0 spiro atoms. The number of hydrogen-bond donors (Lipinski definition) is 2. The highest BCUT2D eigenvalue weighted by Crippen LogP contribution is 2.30. The van der Waals surface area contributed by atoms with Gasteiger partial charge < -0.3 is 20.1 Å². The number of rotatable bonds is 10. The highest BCUT2D eigenvalue weighted by molar-refractivity contribution is 5.79. The Kier molecular flexibility index (Phi) is 8.96. The molecule has 0 aliphatic carbocycles. The maximum Gasteiger partial charge on any atom is 0.222 e. The summed E-state index contributed by atoms with van der Waals surface area (Å²) in [7, 11) is 1.57. The predicted octanol–water partition coefficient (Wildman–Crippen LogP) is 3.42. The molecule has 26 heavy (non-hydrogen) atoms. The molecule has 2 N–H and O–H groups in total. The molecule has 6 nitrogen and oxygen atoms in total. The van der Waals surface area contributed by atoms with E-state index in [1.54, 1.807) is 19.2 Å². The first-order valence-electron chi connectivity index (χ1n) is 9.16. The Morgan fingerprint density at radius 2 is 1.50 bits per heavy atom. The van der Waals surface area contributed by atoms with Crippen molar-refractivity contribution in [2.75, 3.05) is 13.7 Å². The van der Waals surface area contributed by atoms with E-state index < -0.39 is 6.17 Å². The van der Waals surface area contributed by atoms with Gasteiger partial charge in [-0.25, -0.2) is 0 Å². The van der Waals surface area contributed by atoms with Crippen LogP contribution in [0.5, 0.6) is 11.5 Å². The number of carbonyl (C=O) groups excluding carboxylic acids is 2. The van der Waals surface area contributed by atoms with E-state index in [9.17, 15) is 9.59 Å². The van der Waals surface area contributed by atoms with Crippen molar-refractivity contribution in [3.63, 3.8) is 0 Å². The second kappa shape index (κ2) is 10.7. The van der Waals surface area contributed by atoms with Crippen LogP contribution < -0.4 is 20.1 Å². The number of nitrogens with one attached hydrogen (secondary N) is 2. The van der Waals surface area contributed by atoms with Gasteiger partial charge in [0.1, 0.15) is 6.17 Å². The third-order valence-corrected chi connectivity index (χ3v) is 3.62. The molecule has 0 saturated heterocycles. The Balaban J connectivity index is 3.07. The quantitative estimate of drug-likeness (QED) is 0.624. The summed E-state index contributed by atoms with van der Waals surface area (Å²) in [5.41, 5.74) is 0.739. The minimum absolute atomic E-state index is 0.108. The van der Waals surface area contributed by atoms with Crippen LogP contribution in [0.4, 0.5) is 0 Å². The Morgan fingerprint density at radius 3 is 1.92 bits per heavy atom. The van der Waals surface area contributed by atoms with Gasteiger partial charge in [-0.2, -0.15) is 0 Å². The van der Waals surface area contributed by atoms with Crippen LogP contribution >= 0.6 is 0 Å². The summed E-state index contributed by atoms with van der Waals surface area (Å²) in [6.45, 7) is 10.3. The normalized spacial score (nSPS) is 11.0. The van der Waals surface area contributed by atoms with Gasteiger partial charge in [-0.15, -0.1) is 0 Å². The van der Waals surface area contributed by atoms with Crippen molar-refractivity contribution in [3.8, 4) is 11.5 Å². The first-order chi connectivity index (χ1) is 12.3. The van der Waals surface area contributed by atoms with E-state index in [4.69, 9.17) is 9.47 Å². The standard InChI is InChI=1S/C20H32N2O4/c1-7-26-17-12-15(8-9-16(17)25-6)20(21-18(23)10-13(2)3)22-19(24)11-14(4)5/h8-9,12-14,20H,7,10-11H2,1-6H3,(H,21,23)(H,22,24). The minimum Gasteiger partial charge on any atom is -0.493 e. The number of benzene rings is 1. The summed E-state index contributed by atoms with van der Waals surface area (Å²) in [5, 5.41) is 5.82. The lowest BCUT2D eigenvalue weighted by atomic mass is 10.1. The highest BCUT2D eigenvalue weighted by atomic mass is 16.5. The topological polar surface area (TPSA) is 76.7 Å². The van der Waals surface area contributed by atoms with Crippen molar-refractivity contribution in [2.45, 2.75) is 53.6 Å². The minimum atomic E-state index is -0.613. The Bertz CT molecular complexity index is 575. The summed E-state index contributed by atoms with van der Waals surface area (Å²) in [4.78, 5) is 24.5. The van der Waals surface area contributed by atoms with Crippen molar-refractivity contribution in [3.05, 3.63) is 23.8 Å². The fourth-order valence-electron chi connectivity index (χ4n) is 2.53. The van der Waals surface area contributed by atoms with Gasteiger partial charge in [-0.3, -0.25) is 9.59 Å². The number of carbonyl (C=O) groups is 2. The van der Waals surface area contributed by atoms with Crippen LogP contribution in [0.3, 0.4) is 0 Å². The smallest absolute Gasteiger partial charge is 0.222 e. The van der Waals surface area contributed by atoms with E-state index in [2.05, 4.69) is 10.6 Å². The van der Waals surface area contributed by atoms with Gasteiger partial charge in [-0.05, 0) is 36.5 Å². The van der Waals surface area contributed by atoms with Gasteiger partial charge in [0.15, 0.2) is 11.5 Å². The van der Waals surface area contributed by atoms with Crippen LogP contribution in [-0.2, 0) is 9.59 Å². The van der Waals surface area contributed by atoms with Crippen molar-refractivity contribution in [1.29, 1.82) is 0 Å². The van der Waals surface area contributed by atoms with Gasteiger partial charge in [0.25, 0.3) is 0 Å². The summed E-state index contributed by atoms with van der Waals surface area (Å²) in [6.07, 6.45) is 0.174. The fourth-order valence-corrected chi connectivity index (χ4v) is 2.53. The van der Waals surface area contributed by atoms with Gasteiger partial charge in [0.05, 0.1) is 13.7 Å². The molecule has 1 aromatic rings. The molecule has 0 aliphatic heterocycles. The van der Waals surface area contributed by atoms with Crippen molar-refractivity contribution < 1.29 is 19.1 Å².